The van der Waals surface area contributed by atoms with E-state index >= 15 is 0 Å². The first-order valence-corrected chi connectivity index (χ1v) is 7.03. The van der Waals surface area contributed by atoms with Crippen molar-refractivity contribution in [2.24, 2.45) is 0 Å². The van der Waals surface area contributed by atoms with Crippen LogP contribution in [0.15, 0.2) is 12.1 Å². The molecule has 7 nitrogen and oxygen atoms in total. The van der Waals surface area contributed by atoms with Crippen molar-refractivity contribution < 1.29 is 29.7 Å². The summed E-state index contributed by atoms with van der Waals surface area (Å²) in [5.41, 5.74) is 0. The monoisotopic (exact) mass is 299 g/mol. The summed E-state index contributed by atoms with van der Waals surface area (Å²) in [7, 11) is 0. The number of aromatic nitrogens is 1. The van der Waals surface area contributed by atoms with Gasteiger partial charge in [-0.2, -0.15) is 0 Å². The number of carboxylic acid groups (broad SMARTS) is 1. The summed E-state index contributed by atoms with van der Waals surface area (Å²) < 4.78 is 0.675. The van der Waals surface area contributed by atoms with Crippen LogP contribution < -0.4 is 4.84 Å². The van der Waals surface area contributed by atoms with E-state index in [0.717, 1.165) is 25.7 Å². The van der Waals surface area contributed by atoms with Crippen molar-refractivity contribution in [1.29, 1.82) is 0 Å². The zero-order valence-electron chi connectivity index (χ0n) is 11.8. The van der Waals surface area contributed by atoms with E-state index in [1.165, 1.54) is 12.1 Å². The van der Waals surface area contributed by atoms with Crippen molar-refractivity contribution in [3.05, 3.63) is 12.1 Å². The molecule has 0 aliphatic rings. The van der Waals surface area contributed by atoms with Crippen LogP contribution in [-0.4, -0.2) is 32.0 Å². The Bertz CT molecular complexity index is 449. The average Bonchev–Trinajstić information content (AvgIpc) is 2.73. The highest BCUT2D eigenvalue weighted by molar-refractivity contribution is 5.69. The van der Waals surface area contributed by atoms with Crippen LogP contribution in [0.5, 0.6) is 11.8 Å². The van der Waals surface area contributed by atoms with E-state index < -0.39 is 11.9 Å². The molecule has 0 aromatic carbocycles. The van der Waals surface area contributed by atoms with Gasteiger partial charge in [0.2, 0.25) is 11.8 Å². The molecule has 7 heteroatoms. The van der Waals surface area contributed by atoms with Gasteiger partial charge >= 0.3 is 11.9 Å². The molecular weight excluding hydrogens is 278 g/mol. The maximum atomic E-state index is 11.5. The Hall–Kier alpha value is -2.18. The molecule has 0 unspecified atom stereocenters. The summed E-state index contributed by atoms with van der Waals surface area (Å²) >= 11 is 0. The van der Waals surface area contributed by atoms with E-state index in [1.807, 2.05) is 0 Å². The molecule has 3 N–H and O–H groups in total. The number of nitrogens with zero attached hydrogens (tertiary/aromatic N) is 1. The predicted molar refractivity (Wildman–Crippen MR) is 73.9 cm³/mol. The third kappa shape index (κ3) is 6.69. The third-order valence-corrected chi connectivity index (χ3v) is 3.01. The van der Waals surface area contributed by atoms with E-state index in [-0.39, 0.29) is 24.6 Å². The molecule has 0 fully saturated rings. The lowest BCUT2D eigenvalue weighted by atomic mass is 10.1. The number of hydrogen-bond acceptors (Lipinski definition) is 5. The second kappa shape index (κ2) is 8.89. The van der Waals surface area contributed by atoms with Crippen LogP contribution in [0.4, 0.5) is 0 Å². The SMILES string of the molecule is O=C(O)CCCCCCCCC(=O)On1c(O)ccc1O. The van der Waals surface area contributed by atoms with E-state index in [1.54, 1.807) is 0 Å². The maximum absolute atomic E-state index is 11.5. The molecule has 0 bridgehead atoms. The topological polar surface area (TPSA) is 109 Å². The molecular formula is C14H21NO6. The minimum absolute atomic E-state index is 0.201. The number of rotatable bonds is 10. The third-order valence-electron chi connectivity index (χ3n) is 3.01. The fourth-order valence-corrected chi connectivity index (χ4v) is 1.90. The lowest BCUT2D eigenvalue weighted by Gasteiger charge is -2.06. The largest absolute Gasteiger partial charge is 0.492 e. The van der Waals surface area contributed by atoms with Gasteiger partial charge in [0.05, 0.1) is 0 Å². The zero-order valence-corrected chi connectivity index (χ0v) is 11.8. The molecule has 0 saturated heterocycles. The van der Waals surface area contributed by atoms with Gasteiger partial charge in [-0.3, -0.25) is 4.79 Å². The highest BCUT2D eigenvalue weighted by Gasteiger charge is 2.11. The summed E-state index contributed by atoms with van der Waals surface area (Å²) in [6.45, 7) is 0. The Morgan fingerprint density at radius 1 is 0.905 bits per heavy atom. The highest BCUT2D eigenvalue weighted by atomic mass is 16.7. The van der Waals surface area contributed by atoms with Crippen LogP contribution in [-0.2, 0) is 9.59 Å². The number of hydrogen-bond donors (Lipinski definition) is 3. The van der Waals surface area contributed by atoms with Crippen LogP contribution in [0.25, 0.3) is 0 Å². The zero-order chi connectivity index (χ0) is 15.7. The van der Waals surface area contributed by atoms with Crippen molar-refractivity contribution in [2.75, 3.05) is 0 Å². The summed E-state index contributed by atoms with van der Waals surface area (Å²) in [5.74, 6) is -1.96. The van der Waals surface area contributed by atoms with Crippen LogP contribution in [0.3, 0.4) is 0 Å². The summed E-state index contributed by atoms with van der Waals surface area (Å²) in [4.78, 5) is 26.6. The van der Waals surface area contributed by atoms with Gasteiger partial charge < -0.3 is 20.2 Å². The first-order chi connectivity index (χ1) is 10.0. The molecule has 1 aromatic rings. The number of aromatic hydroxyl groups is 2. The Kier molecular flexibility index (Phi) is 7.14. The van der Waals surface area contributed by atoms with Crippen molar-refractivity contribution in [1.82, 2.24) is 4.73 Å². The number of aliphatic carboxylic acids is 1. The van der Waals surface area contributed by atoms with Gasteiger partial charge in [0.15, 0.2) is 0 Å². The lowest BCUT2D eigenvalue weighted by molar-refractivity contribution is -0.145. The highest BCUT2D eigenvalue weighted by Crippen LogP contribution is 2.19. The van der Waals surface area contributed by atoms with Crippen molar-refractivity contribution in [3.63, 3.8) is 0 Å². The van der Waals surface area contributed by atoms with Gasteiger partial charge in [-0.15, -0.1) is 4.73 Å². The maximum Gasteiger partial charge on any atom is 0.333 e. The van der Waals surface area contributed by atoms with E-state index in [4.69, 9.17) is 9.94 Å². The molecule has 118 valence electrons. The number of unbranched alkanes of at least 4 members (excludes halogenated alkanes) is 5. The van der Waals surface area contributed by atoms with Gasteiger partial charge in [-0.05, 0) is 12.8 Å². The number of carboxylic acids is 1. The molecule has 0 amide bonds. The smallest absolute Gasteiger partial charge is 0.333 e. The molecule has 21 heavy (non-hydrogen) atoms. The fourth-order valence-electron chi connectivity index (χ4n) is 1.90. The van der Waals surface area contributed by atoms with Crippen molar-refractivity contribution in [3.8, 4) is 11.8 Å². The van der Waals surface area contributed by atoms with Gasteiger partial charge in [0.25, 0.3) is 0 Å². The van der Waals surface area contributed by atoms with Gasteiger partial charge in [-0.1, -0.05) is 25.7 Å². The second-order valence-electron chi connectivity index (χ2n) is 4.82. The molecule has 1 rings (SSSR count). The Labute approximate surface area is 122 Å². The van der Waals surface area contributed by atoms with E-state index in [9.17, 15) is 19.8 Å². The minimum Gasteiger partial charge on any atom is -0.492 e. The van der Waals surface area contributed by atoms with Crippen LogP contribution >= 0.6 is 0 Å². The molecule has 0 aliphatic heterocycles. The molecule has 1 aromatic heterocycles. The Morgan fingerprint density at radius 3 is 1.90 bits per heavy atom. The lowest BCUT2D eigenvalue weighted by Crippen LogP contribution is -2.18. The fraction of sp³-hybridized carbons (Fsp3) is 0.571. The van der Waals surface area contributed by atoms with E-state index in [0.29, 0.717) is 17.6 Å². The Morgan fingerprint density at radius 2 is 1.38 bits per heavy atom. The van der Waals surface area contributed by atoms with Gasteiger partial charge in [-0.25, -0.2) is 4.79 Å². The summed E-state index contributed by atoms with van der Waals surface area (Å²) in [5, 5.41) is 27.1. The molecule has 0 spiro atoms. The normalized spacial score (nSPS) is 10.5. The van der Waals surface area contributed by atoms with Crippen molar-refractivity contribution >= 4 is 11.9 Å². The van der Waals surface area contributed by atoms with Crippen LogP contribution in [0.1, 0.15) is 51.4 Å². The second-order valence-corrected chi connectivity index (χ2v) is 4.82. The van der Waals surface area contributed by atoms with Crippen molar-refractivity contribution in [2.45, 2.75) is 51.4 Å². The number of carbonyl (C=O) groups is 2. The molecule has 0 saturated carbocycles. The van der Waals surface area contributed by atoms with Gasteiger partial charge in [0, 0.05) is 25.0 Å². The first kappa shape index (κ1) is 16.9. The molecule has 0 aliphatic carbocycles. The standard InChI is InChI=1S/C14H21NO6/c16-11-9-10-12(17)15(11)21-14(20)8-6-4-2-1-3-5-7-13(18)19/h9-10,16-17H,1-8H2,(H,18,19). The van der Waals surface area contributed by atoms with Crippen LogP contribution in [0.2, 0.25) is 0 Å². The minimum atomic E-state index is -0.769. The summed E-state index contributed by atoms with van der Waals surface area (Å²) in [6, 6.07) is 2.44. The summed E-state index contributed by atoms with van der Waals surface area (Å²) in [6.07, 6.45) is 5.36. The average molecular weight is 299 g/mol. The quantitative estimate of drug-likeness (QED) is 0.571. The first-order valence-electron chi connectivity index (χ1n) is 7.03. The van der Waals surface area contributed by atoms with Gasteiger partial charge in [0.1, 0.15) is 0 Å². The Balaban J connectivity index is 2.05. The molecule has 0 radical (unpaired) electrons. The molecule has 0 atom stereocenters. The van der Waals surface area contributed by atoms with Crippen LogP contribution in [0, 0.1) is 0 Å². The predicted octanol–water partition coefficient (Wildman–Crippen LogP) is 2.06. The van der Waals surface area contributed by atoms with E-state index in [2.05, 4.69) is 0 Å². The molecule has 1 heterocycles. The number of carbonyl (C=O) groups excluding carboxylic acids is 1.